The predicted octanol–water partition coefficient (Wildman–Crippen LogP) is 0.675. The Morgan fingerprint density at radius 1 is 1.53 bits per heavy atom. The molecule has 0 aromatic carbocycles. The van der Waals surface area contributed by atoms with E-state index in [0.717, 1.165) is 0 Å². The summed E-state index contributed by atoms with van der Waals surface area (Å²) in [5, 5.41) is 0.0820. The summed E-state index contributed by atoms with van der Waals surface area (Å²) in [5.74, 6) is 0.648. The van der Waals surface area contributed by atoms with Crippen LogP contribution in [-0.4, -0.2) is 37.6 Å². The molecule has 0 aliphatic carbocycles. The summed E-state index contributed by atoms with van der Waals surface area (Å²) < 4.78 is 31.6. The first-order valence-electron chi connectivity index (χ1n) is 5.37. The summed E-state index contributed by atoms with van der Waals surface area (Å²) in [7, 11) is -2.05. The van der Waals surface area contributed by atoms with Crippen LogP contribution in [-0.2, 0) is 21.2 Å². The molecule has 0 saturated heterocycles. The van der Waals surface area contributed by atoms with Crippen LogP contribution in [0.3, 0.4) is 0 Å². The van der Waals surface area contributed by atoms with Crippen LogP contribution in [0, 0.1) is 0 Å². The number of ether oxygens (including phenoxy) is 1. The monoisotopic (exact) mass is 261 g/mol. The van der Waals surface area contributed by atoms with E-state index in [9.17, 15) is 8.42 Å². The van der Waals surface area contributed by atoms with Crippen LogP contribution in [0.2, 0.25) is 0 Å². The summed E-state index contributed by atoms with van der Waals surface area (Å²) in [4.78, 5) is 6.74. The highest BCUT2D eigenvalue weighted by Crippen LogP contribution is 2.11. The normalized spacial score (nSPS) is 12.9. The minimum atomic E-state index is -3.58. The molecule has 1 aromatic rings. The van der Waals surface area contributed by atoms with Gasteiger partial charge in [0.2, 0.25) is 0 Å². The van der Waals surface area contributed by atoms with Crippen LogP contribution in [0.1, 0.15) is 26.6 Å². The Hall–Kier alpha value is -0.920. The van der Waals surface area contributed by atoms with E-state index in [1.165, 1.54) is 13.3 Å². The van der Waals surface area contributed by atoms with E-state index >= 15 is 0 Å². The number of hydrogen-bond acceptors (Lipinski definition) is 4. The van der Waals surface area contributed by atoms with Crippen LogP contribution in [0.5, 0.6) is 0 Å². The number of aryl methyl sites for hydroxylation is 1. The third kappa shape index (κ3) is 3.79. The molecule has 17 heavy (non-hydrogen) atoms. The van der Waals surface area contributed by atoms with Crippen molar-refractivity contribution in [3.8, 4) is 0 Å². The molecule has 0 saturated carbocycles. The molecule has 0 aliphatic rings. The molecule has 1 aromatic heterocycles. The largest absolute Gasteiger partial charge is 0.383 e. The second-order valence-electron chi connectivity index (χ2n) is 4.47. The lowest BCUT2D eigenvalue weighted by Crippen LogP contribution is -2.46. The Bertz CT molecular complexity index is 465. The first-order chi connectivity index (χ1) is 7.80. The lowest BCUT2D eigenvalue weighted by Gasteiger charge is -2.24. The van der Waals surface area contributed by atoms with Gasteiger partial charge in [0, 0.05) is 13.5 Å². The van der Waals surface area contributed by atoms with Gasteiger partial charge in [0.25, 0.3) is 10.0 Å². The molecule has 0 spiro atoms. The van der Waals surface area contributed by atoms with Gasteiger partial charge in [-0.15, -0.1) is 0 Å². The smallest absolute Gasteiger partial charge is 0.258 e. The zero-order valence-corrected chi connectivity index (χ0v) is 11.4. The topological polar surface area (TPSA) is 84.1 Å². The predicted molar refractivity (Wildman–Crippen MR) is 64.2 cm³/mol. The molecule has 0 unspecified atom stereocenters. The summed E-state index contributed by atoms with van der Waals surface area (Å²) in [6.07, 6.45) is 1.99. The maximum Gasteiger partial charge on any atom is 0.258 e. The fourth-order valence-corrected chi connectivity index (χ4v) is 2.81. The Morgan fingerprint density at radius 2 is 2.18 bits per heavy atom. The van der Waals surface area contributed by atoms with Crippen LogP contribution >= 0.6 is 0 Å². The number of nitrogens with zero attached hydrogens (tertiary/aromatic N) is 1. The quantitative estimate of drug-likeness (QED) is 0.788. The molecule has 0 amide bonds. The highest BCUT2D eigenvalue weighted by molar-refractivity contribution is 7.89. The lowest BCUT2D eigenvalue weighted by molar-refractivity contribution is 0.141. The summed E-state index contributed by atoms with van der Waals surface area (Å²) >= 11 is 0. The van der Waals surface area contributed by atoms with E-state index in [4.69, 9.17) is 4.74 Å². The van der Waals surface area contributed by atoms with Gasteiger partial charge in [-0.3, -0.25) is 0 Å². The van der Waals surface area contributed by atoms with Gasteiger partial charge in [-0.25, -0.2) is 18.1 Å². The molecule has 7 heteroatoms. The summed E-state index contributed by atoms with van der Waals surface area (Å²) in [6, 6.07) is 0. The second-order valence-corrected chi connectivity index (χ2v) is 6.12. The molecule has 98 valence electrons. The SMILES string of the molecule is CCc1ncc(S(=O)(=O)NC(C)(C)COC)[nH]1. The van der Waals surface area contributed by atoms with E-state index in [1.54, 1.807) is 13.8 Å². The molecular weight excluding hydrogens is 242 g/mol. The van der Waals surface area contributed by atoms with Gasteiger partial charge >= 0.3 is 0 Å². The number of nitrogens with one attached hydrogen (secondary N) is 2. The Morgan fingerprint density at radius 3 is 2.65 bits per heavy atom. The van der Waals surface area contributed by atoms with Crippen molar-refractivity contribution < 1.29 is 13.2 Å². The maximum absolute atomic E-state index is 12.0. The Labute approximate surface area is 102 Å². The number of imidazole rings is 1. The highest BCUT2D eigenvalue weighted by Gasteiger charge is 2.27. The fraction of sp³-hybridized carbons (Fsp3) is 0.700. The summed E-state index contributed by atoms with van der Waals surface area (Å²) in [6.45, 7) is 5.70. The highest BCUT2D eigenvalue weighted by atomic mass is 32.2. The molecule has 0 radical (unpaired) electrons. The van der Waals surface area contributed by atoms with Crippen molar-refractivity contribution in [2.45, 2.75) is 37.8 Å². The molecular formula is C10H19N3O3S. The Kier molecular flexibility index (Phi) is 4.29. The van der Waals surface area contributed by atoms with Crippen LogP contribution in [0.25, 0.3) is 0 Å². The molecule has 0 fully saturated rings. The molecule has 1 heterocycles. The van der Waals surface area contributed by atoms with Crippen molar-refractivity contribution in [3.63, 3.8) is 0 Å². The standard InChI is InChI=1S/C10H19N3O3S/c1-5-8-11-6-9(12-8)17(14,15)13-10(2,3)7-16-4/h6,13H,5,7H2,1-4H3,(H,11,12). The summed E-state index contributed by atoms with van der Waals surface area (Å²) in [5.41, 5.74) is -0.662. The van der Waals surface area contributed by atoms with Gasteiger partial charge < -0.3 is 9.72 Å². The number of sulfonamides is 1. The van der Waals surface area contributed by atoms with E-state index in [-0.39, 0.29) is 5.03 Å². The van der Waals surface area contributed by atoms with Crippen molar-refractivity contribution in [1.29, 1.82) is 0 Å². The molecule has 0 atom stereocenters. The fourth-order valence-electron chi connectivity index (χ4n) is 1.47. The number of aromatic amines is 1. The first kappa shape index (κ1) is 14.1. The maximum atomic E-state index is 12.0. The average molecular weight is 261 g/mol. The molecule has 0 bridgehead atoms. The van der Waals surface area contributed by atoms with Crippen LogP contribution < -0.4 is 4.72 Å². The molecule has 6 nitrogen and oxygen atoms in total. The second kappa shape index (κ2) is 5.16. The zero-order chi connectivity index (χ0) is 13.1. The molecule has 2 N–H and O–H groups in total. The van der Waals surface area contributed by atoms with Crippen molar-refractivity contribution in [1.82, 2.24) is 14.7 Å². The molecule has 1 rings (SSSR count). The van der Waals surface area contributed by atoms with E-state index < -0.39 is 15.6 Å². The van der Waals surface area contributed by atoms with Gasteiger partial charge in [0.1, 0.15) is 5.82 Å². The van der Waals surface area contributed by atoms with Crippen LogP contribution in [0.15, 0.2) is 11.2 Å². The lowest BCUT2D eigenvalue weighted by atomic mass is 10.1. The van der Waals surface area contributed by atoms with Gasteiger partial charge in [0.15, 0.2) is 5.03 Å². The number of rotatable bonds is 6. The van der Waals surface area contributed by atoms with Crippen molar-refractivity contribution in [2.24, 2.45) is 0 Å². The number of H-pyrrole nitrogens is 1. The minimum absolute atomic E-state index is 0.0820. The van der Waals surface area contributed by atoms with E-state index in [2.05, 4.69) is 14.7 Å². The first-order valence-corrected chi connectivity index (χ1v) is 6.86. The molecule has 0 aliphatic heterocycles. The van der Waals surface area contributed by atoms with Gasteiger partial charge in [0.05, 0.1) is 18.3 Å². The van der Waals surface area contributed by atoms with Crippen molar-refractivity contribution in [2.75, 3.05) is 13.7 Å². The minimum Gasteiger partial charge on any atom is -0.383 e. The average Bonchev–Trinajstić information content (AvgIpc) is 2.64. The van der Waals surface area contributed by atoms with Gasteiger partial charge in [-0.1, -0.05) is 6.92 Å². The van der Waals surface area contributed by atoms with E-state index in [1.807, 2.05) is 6.92 Å². The number of aromatic nitrogens is 2. The van der Waals surface area contributed by atoms with E-state index in [0.29, 0.717) is 18.9 Å². The third-order valence-electron chi connectivity index (χ3n) is 2.15. The zero-order valence-electron chi connectivity index (χ0n) is 10.6. The van der Waals surface area contributed by atoms with Crippen molar-refractivity contribution >= 4 is 10.0 Å². The van der Waals surface area contributed by atoms with Crippen LogP contribution in [0.4, 0.5) is 0 Å². The third-order valence-corrected chi connectivity index (χ3v) is 3.75. The Balaban J connectivity index is 2.88. The number of methoxy groups -OCH3 is 1. The van der Waals surface area contributed by atoms with Gasteiger partial charge in [-0.2, -0.15) is 0 Å². The number of hydrogen-bond donors (Lipinski definition) is 2. The van der Waals surface area contributed by atoms with Gasteiger partial charge in [-0.05, 0) is 13.8 Å². The van der Waals surface area contributed by atoms with Crippen molar-refractivity contribution in [3.05, 3.63) is 12.0 Å².